The van der Waals surface area contributed by atoms with Crippen LogP contribution in [0.2, 0.25) is 0 Å². The summed E-state index contributed by atoms with van der Waals surface area (Å²) >= 11 is 0. The smallest absolute Gasteiger partial charge is 0.313 e. The van der Waals surface area contributed by atoms with Crippen LogP contribution in [0.15, 0.2) is 24.3 Å². The maximum Gasteiger partial charge on any atom is 0.313 e. The van der Waals surface area contributed by atoms with Crippen LogP contribution in [-0.2, 0) is 9.53 Å². The molecule has 0 bridgehead atoms. The van der Waals surface area contributed by atoms with Gasteiger partial charge in [-0.15, -0.1) is 0 Å². The Kier molecular flexibility index (Phi) is 7.88. The van der Waals surface area contributed by atoms with Crippen molar-refractivity contribution in [2.24, 2.45) is 5.92 Å². The molecule has 0 fully saturated rings. The van der Waals surface area contributed by atoms with Crippen molar-refractivity contribution in [2.75, 3.05) is 13.7 Å². The van der Waals surface area contributed by atoms with Crippen LogP contribution < -0.4 is 4.74 Å². The first-order valence-corrected chi connectivity index (χ1v) is 7.93. The van der Waals surface area contributed by atoms with Gasteiger partial charge in [0.2, 0.25) is 0 Å². The highest BCUT2D eigenvalue weighted by molar-refractivity contribution is 5.78. The van der Waals surface area contributed by atoms with E-state index < -0.39 is 0 Å². The molecule has 0 N–H and O–H groups in total. The summed E-state index contributed by atoms with van der Waals surface area (Å²) in [6.07, 6.45) is 4.56. The number of carbonyl (C=O) groups excluding carboxylic acids is 1. The van der Waals surface area contributed by atoms with E-state index in [1.165, 1.54) is 12.8 Å². The SMILES string of the molecule is CCCCC(CC)COC(=O)C(C)c1ccccc1OC. The first kappa shape index (κ1) is 17.5. The summed E-state index contributed by atoms with van der Waals surface area (Å²) in [5.41, 5.74) is 0.881. The monoisotopic (exact) mass is 292 g/mol. The Bertz CT molecular complexity index is 428. The second kappa shape index (κ2) is 9.43. The molecule has 0 aliphatic rings. The normalized spacial score (nSPS) is 13.5. The van der Waals surface area contributed by atoms with Crippen molar-refractivity contribution in [2.45, 2.75) is 52.4 Å². The number of benzene rings is 1. The number of unbranched alkanes of at least 4 members (excludes halogenated alkanes) is 1. The number of rotatable bonds is 9. The molecule has 118 valence electrons. The van der Waals surface area contributed by atoms with Crippen LogP contribution in [0.4, 0.5) is 0 Å². The molecular weight excluding hydrogens is 264 g/mol. The first-order valence-electron chi connectivity index (χ1n) is 7.93. The molecule has 0 spiro atoms. The van der Waals surface area contributed by atoms with Crippen molar-refractivity contribution in [3.8, 4) is 5.75 Å². The van der Waals surface area contributed by atoms with Gasteiger partial charge in [0.15, 0.2) is 0 Å². The standard InChI is InChI=1S/C18H28O3/c1-5-7-10-15(6-2)13-21-18(19)14(3)16-11-8-9-12-17(16)20-4/h8-9,11-12,14-15H,5-7,10,13H2,1-4H3. The lowest BCUT2D eigenvalue weighted by Gasteiger charge is -2.18. The maximum absolute atomic E-state index is 12.2. The zero-order valence-electron chi connectivity index (χ0n) is 13.7. The molecule has 1 aromatic rings. The molecule has 0 saturated heterocycles. The molecule has 21 heavy (non-hydrogen) atoms. The van der Waals surface area contributed by atoms with E-state index in [0.29, 0.717) is 12.5 Å². The highest BCUT2D eigenvalue weighted by Crippen LogP contribution is 2.27. The van der Waals surface area contributed by atoms with Gasteiger partial charge >= 0.3 is 5.97 Å². The van der Waals surface area contributed by atoms with Gasteiger partial charge in [-0.25, -0.2) is 0 Å². The topological polar surface area (TPSA) is 35.5 Å². The fourth-order valence-electron chi connectivity index (χ4n) is 2.37. The molecule has 2 atom stereocenters. The van der Waals surface area contributed by atoms with Gasteiger partial charge in [-0.3, -0.25) is 4.79 Å². The Labute approximate surface area is 128 Å². The second-order valence-corrected chi connectivity index (χ2v) is 5.51. The minimum Gasteiger partial charge on any atom is -0.496 e. The predicted octanol–water partition coefficient (Wildman–Crippen LogP) is 4.56. The number of para-hydroxylation sites is 1. The lowest BCUT2D eigenvalue weighted by Crippen LogP contribution is -2.18. The molecule has 0 heterocycles. The van der Waals surface area contributed by atoms with E-state index in [2.05, 4.69) is 13.8 Å². The number of methoxy groups -OCH3 is 1. The van der Waals surface area contributed by atoms with Crippen molar-refractivity contribution in [1.82, 2.24) is 0 Å². The fourth-order valence-corrected chi connectivity index (χ4v) is 2.37. The summed E-state index contributed by atoms with van der Waals surface area (Å²) in [5, 5.41) is 0. The number of ether oxygens (including phenoxy) is 2. The molecule has 1 rings (SSSR count). The second-order valence-electron chi connectivity index (χ2n) is 5.51. The lowest BCUT2D eigenvalue weighted by atomic mass is 9.99. The molecule has 0 radical (unpaired) electrons. The van der Waals surface area contributed by atoms with Gasteiger partial charge in [0.25, 0.3) is 0 Å². The Morgan fingerprint density at radius 3 is 2.57 bits per heavy atom. The summed E-state index contributed by atoms with van der Waals surface area (Å²) < 4.78 is 10.8. The average molecular weight is 292 g/mol. The third kappa shape index (κ3) is 5.41. The van der Waals surface area contributed by atoms with E-state index in [4.69, 9.17) is 9.47 Å². The Hall–Kier alpha value is -1.51. The summed E-state index contributed by atoms with van der Waals surface area (Å²) in [4.78, 5) is 12.2. The highest BCUT2D eigenvalue weighted by Gasteiger charge is 2.21. The van der Waals surface area contributed by atoms with Crippen molar-refractivity contribution in [1.29, 1.82) is 0 Å². The van der Waals surface area contributed by atoms with E-state index in [0.717, 1.165) is 24.2 Å². The zero-order chi connectivity index (χ0) is 15.7. The van der Waals surface area contributed by atoms with Crippen LogP contribution >= 0.6 is 0 Å². The summed E-state index contributed by atoms with van der Waals surface area (Å²) in [6, 6.07) is 7.60. The minimum atomic E-state index is -0.301. The summed E-state index contributed by atoms with van der Waals surface area (Å²) in [7, 11) is 1.62. The average Bonchev–Trinajstić information content (AvgIpc) is 2.54. The molecule has 0 aliphatic heterocycles. The van der Waals surface area contributed by atoms with Crippen LogP contribution in [0.5, 0.6) is 5.75 Å². The lowest BCUT2D eigenvalue weighted by molar-refractivity contribution is -0.146. The number of esters is 1. The number of hydrogen-bond donors (Lipinski definition) is 0. The van der Waals surface area contributed by atoms with Crippen molar-refractivity contribution < 1.29 is 14.3 Å². The Morgan fingerprint density at radius 1 is 1.24 bits per heavy atom. The molecule has 3 heteroatoms. The molecule has 2 unspecified atom stereocenters. The molecule has 0 aliphatic carbocycles. The van der Waals surface area contributed by atoms with Gasteiger partial charge in [0.1, 0.15) is 5.75 Å². The summed E-state index contributed by atoms with van der Waals surface area (Å²) in [6.45, 7) is 6.72. The number of hydrogen-bond acceptors (Lipinski definition) is 3. The molecular formula is C18H28O3. The van der Waals surface area contributed by atoms with E-state index in [9.17, 15) is 4.79 Å². The molecule has 0 amide bonds. The molecule has 0 saturated carbocycles. The largest absolute Gasteiger partial charge is 0.496 e. The minimum absolute atomic E-state index is 0.172. The van der Waals surface area contributed by atoms with Crippen molar-refractivity contribution in [3.05, 3.63) is 29.8 Å². The van der Waals surface area contributed by atoms with Crippen LogP contribution in [0.25, 0.3) is 0 Å². The maximum atomic E-state index is 12.2. The molecule has 3 nitrogen and oxygen atoms in total. The van der Waals surface area contributed by atoms with Gasteiger partial charge in [0, 0.05) is 5.56 Å². The van der Waals surface area contributed by atoms with Gasteiger partial charge in [-0.2, -0.15) is 0 Å². The van der Waals surface area contributed by atoms with Crippen LogP contribution in [0, 0.1) is 5.92 Å². The van der Waals surface area contributed by atoms with E-state index >= 15 is 0 Å². The number of carbonyl (C=O) groups is 1. The van der Waals surface area contributed by atoms with E-state index in [1.807, 2.05) is 31.2 Å². The van der Waals surface area contributed by atoms with Gasteiger partial charge in [-0.1, -0.05) is 51.3 Å². The third-order valence-electron chi connectivity index (χ3n) is 3.96. The molecule has 0 aromatic heterocycles. The fraction of sp³-hybridized carbons (Fsp3) is 0.611. The van der Waals surface area contributed by atoms with E-state index in [-0.39, 0.29) is 11.9 Å². The van der Waals surface area contributed by atoms with Crippen LogP contribution in [-0.4, -0.2) is 19.7 Å². The van der Waals surface area contributed by atoms with E-state index in [1.54, 1.807) is 7.11 Å². The van der Waals surface area contributed by atoms with Gasteiger partial charge < -0.3 is 9.47 Å². The predicted molar refractivity (Wildman–Crippen MR) is 85.7 cm³/mol. The quantitative estimate of drug-likeness (QED) is 0.626. The van der Waals surface area contributed by atoms with Crippen molar-refractivity contribution in [3.63, 3.8) is 0 Å². The van der Waals surface area contributed by atoms with Crippen LogP contribution in [0.1, 0.15) is 57.9 Å². The Morgan fingerprint density at radius 2 is 1.95 bits per heavy atom. The highest BCUT2D eigenvalue weighted by atomic mass is 16.5. The van der Waals surface area contributed by atoms with Gasteiger partial charge in [-0.05, 0) is 25.3 Å². The molecule has 1 aromatic carbocycles. The zero-order valence-corrected chi connectivity index (χ0v) is 13.7. The third-order valence-corrected chi connectivity index (χ3v) is 3.96. The first-order chi connectivity index (χ1) is 10.1. The van der Waals surface area contributed by atoms with Crippen molar-refractivity contribution >= 4 is 5.97 Å². The summed E-state index contributed by atoms with van der Waals surface area (Å²) in [5.74, 6) is 0.734. The Balaban J connectivity index is 2.58. The van der Waals surface area contributed by atoms with Gasteiger partial charge in [0.05, 0.1) is 19.6 Å². The van der Waals surface area contributed by atoms with Crippen LogP contribution in [0.3, 0.4) is 0 Å².